The lowest BCUT2D eigenvalue weighted by Gasteiger charge is -2.22. The topological polar surface area (TPSA) is 87.5 Å². The summed E-state index contributed by atoms with van der Waals surface area (Å²) >= 11 is 8.28. The molecule has 1 aliphatic carbocycles. The standard InChI is InChI=1S/C23H25ClN8S/c1-13-9-19(30-29-13)26-22-20(14-5-6-14)21(15-11-25-31(2)12-15)27-23(28-22)32(3)18-8-7-16(33-4)10-17(18)24/h7-12,14H,5-6H2,1-4H3,(H2,26,27,28,29,30). The van der Waals surface area contributed by atoms with Crippen molar-refractivity contribution in [3.63, 3.8) is 0 Å². The van der Waals surface area contributed by atoms with Gasteiger partial charge in [0.25, 0.3) is 0 Å². The summed E-state index contributed by atoms with van der Waals surface area (Å²) in [6, 6.07) is 7.98. The molecule has 0 bridgehead atoms. The number of H-pyrrole nitrogens is 1. The number of anilines is 4. The molecule has 170 valence electrons. The van der Waals surface area contributed by atoms with Gasteiger partial charge < -0.3 is 10.2 Å². The van der Waals surface area contributed by atoms with Gasteiger partial charge in [0.15, 0.2) is 5.82 Å². The Balaban J connectivity index is 1.65. The number of halogens is 1. The van der Waals surface area contributed by atoms with Crippen LogP contribution in [0, 0.1) is 6.92 Å². The van der Waals surface area contributed by atoms with Crippen LogP contribution >= 0.6 is 23.4 Å². The number of nitrogens with one attached hydrogen (secondary N) is 2. The molecule has 0 aliphatic heterocycles. The molecule has 0 spiro atoms. The molecule has 8 nitrogen and oxygen atoms in total. The number of hydrogen-bond donors (Lipinski definition) is 2. The molecular formula is C23H25ClN8S. The fraction of sp³-hybridized carbons (Fsp3) is 0.304. The SMILES string of the molecule is CSc1ccc(N(C)c2nc(Nc3cc(C)[nH]n3)c(C3CC3)c(-c3cnn(C)c3)n2)c(Cl)c1. The van der Waals surface area contributed by atoms with Gasteiger partial charge in [0.2, 0.25) is 5.95 Å². The maximum absolute atomic E-state index is 6.62. The lowest BCUT2D eigenvalue weighted by atomic mass is 10.1. The van der Waals surface area contributed by atoms with Gasteiger partial charge >= 0.3 is 0 Å². The van der Waals surface area contributed by atoms with E-state index in [4.69, 9.17) is 21.6 Å². The second kappa shape index (κ2) is 8.72. The van der Waals surface area contributed by atoms with Crippen LogP contribution < -0.4 is 10.2 Å². The van der Waals surface area contributed by atoms with Gasteiger partial charge in [-0.1, -0.05) is 11.6 Å². The monoisotopic (exact) mass is 480 g/mol. The summed E-state index contributed by atoms with van der Waals surface area (Å²) in [5, 5.41) is 15.8. The molecule has 3 aromatic heterocycles. The van der Waals surface area contributed by atoms with Crippen molar-refractivity contribution < 1.29 is 0 Å². The molecule has 5 rings (SSSR count). The Hall–Kier alpha value is -3.04. The molecule has 1 saturated carbocycles. The van der Waals surface area contributed by atoms with Crippen LogP contribution in [0.5, 0.6) is 0 Å². The fourth-order valence-corrected chi connectivity index (χ4v) is 4.63. The highest BCUT2D eigenvalue weighted by Gasteiger charge is 2.33. The molecule has 1 aliphatic rings. The van der Waals surface area contributed by atoms with E-state index in [0.717, 1.165) is 57.6 Å². The first kappa shape index (κ1) is 21.8. The number of benzene rings is 1. The lowest BCUT2D eigenvalue weighted by Crippen LogP contribution is -2.16. The fourth-order valence-electron chi connectivity index (χ4n) is 3.82. The normalized spacial score (nSPS) is 13.4. The van der Waals surface area contributed by atoms with Gasteiger partial charge in [0, 0.05) is 48.1 Å². The molecule has 3 heterocycles. The van der Waals surface area contributed by atoms with E-state index in [2.05, 4.69) is 26.7 Å². The highest BCUT2D eigenvalue weighted by Crippen LogP contribution is 2.48. The zero-order valence-electron chi connectivity index (χ0n) is 18.9. The van der Waals surface area contributed by atoms with E-state index in [1.165, 1.54) is 0 Å². The molecule has 33 heavy (non-hydrogen) atoms. The van der Waals surface area contributed by atoms with E-state index >= 15 is 0 Å². The van der Waals surface area contributed by atoms with Crippen molar-refractivity contribution in [1.29, 1.82) is 0 Å². The highest BCUT2D eigenvalue weighted by molar-refractivity contribution is 7.98. The number of hydrogen-bond acceptors (Lipinski definition) is 7. The minimum Gasteiger partial charge on any atom is -0.323 e. The Morgan fingerprint density at radius 1 is 1.24 bits per heavy atom. The Morgan fingerprint density at radius 2 is 2.06 bits per heavy atom. The first-order valence-corrected chi connectivity index (χ1v) is 12.3. The van der Waals surface area contributed by atoms with Crippen molar-refractivity contribution >= 4 is 46.6 Å². The number of aryl methyl sites for hydroxylation is 2. The van der Waals surface area contributed by atoms with Gasteiger partial charge in [-0.05, 0) is 50.1 Å². The molecule has 0 radical (unpaired) electrons. The van der Waals surface area contributed by atoms with Crippen molar-refractivity contribution in [2.45, 2.75) is 30.6 Å². The van der Waals surface area contributed by atoms with Crippen LogP contribution in [-0.2, 0) is 7.05 Å². The minimum atomic E-state index is 0.409. The Bertz CT molecular complexity index is 1310. The van der Waals surface area contributed by atoms with E-state index in [1.807, 2.05) is 62.8 Å². The number of aromatic amines is 1. The number of aromatic nitrogens is 6. The van der Waals surface area contributed by atoms with Crippen LogP contribution in [0.2, 0.25) is 5.02 Å². The lowest BCUT2D eigenvalue weighted by molar-refractivity contribution is 0.768. The van der Waals surface area contributed by atoms with Crippen LogP contribution in [0.15, 0.2) is 41.6 Å². The minimum absolute atomic E-state index is 0.409. The Labute approximate surface area is 201 Å². The van der Waals surface area contributed by atoms with Crippen LogP contribution in [-0.4, -0.2) is 43.2 Å². The zero-order chi connectivity index (χ0) is 23.1. The molecule has 0 amide bonds. The van der Waals surface area contributed by atoms with Crippen molar-refractivity contribution in [3.05, 3.63) is 52.9 Å². The Morgan fingerprint density at radius 3 is 2.67 bits per heavy atom. The molecular weight excluding hydrogens is 456 g/mol. The van der Waals surface area contributed by atoms with Gasteiger partial charge in [-0.2, -0.15) is 15.2 Å². The van der Waals surface area contributed by atoms with Crippen molar-refractivity contribution in [3.8, 4) is 11.3 Å². The van der Waals surface area contributed by atoms with E-state index in [9.17, 15) is 0 Å². The maximum atomic E-state index is 6.62. The average Bonchev–Trinajstić information content (AvgIpc) is 3.42. The predicted molar refractivity (Wildman–Crippen MR) is 134 cm³/mol. The molecule has 4 aromatic rings. The molecule has 2 N–H and O–H groups in total. The van der Waals surface area contributed by atoms with Gasteiger partial charge in [-0.25, -0.2) is 4.98 Å². The smallest absolute Gasteiger partial charge is 0.232 e. The molecule has 1 fully saturated rings. The summed E-state index contributed by atoms with van der Waals surface area (Å²) in [4.78, 5) is 13.0. The van der Waals surface area contributed by atoms with Gasteiger partial charge in [0.05, 0.1) is 22.6 Å². The molecule has 0 unspecified atom stereocenters. The van der Waals surface area contributed by atoms with Crippen LogP contribution in [0.25, 0.3) is 11.3 Å². The van der Waals surface area contributed by atoms with E-state index in [-0.39, 0.29) is 0 Å². The third-order valence-corrected chi connectivity index (χ3v) is 6.69. The molecule has 0 atom stereocenters. The zero-order valence-corrected chi connectivity index (χ0v) is 20.5. The first-order chi connectivity index (χ1) is 15.9. The summed E-state index contributed by atoms with van der Waals surface area (Å²) in [7, 11) is 3.84. The molecule has 1 aromatic carbocycles. The number of nitrogens with zero attached hydrogens (tertiary/aromatic N) is 6. The third-order valence-electron chi connectivity index (χ3n) is 5.67. The number of thioether (sulfide) groups is 1. The summed E-state index contributed by atoms with van der Waals surface area (Å²) < 4.78 is 1.79. The molecule has 10 heteroatoms. The third kappa shape index (κ3) is 4.43. The molecule has 0 saturated heterocycles. The first-order valence-electron chi connectivity index (χ1n) is 10.7. The maximum Gasteiger partial charge on any atom is 0.232 e. The van der Waals surface area contributed by atoms with Gasteiger partial charge in [-0.15, -0.1) is 11.8 Å². The number of rotatable bonds is 7. The van der Waals surface area contributed by atoms with Crippen LogP contribution in [0.1, 0.15) is 30.0 Å². The predicted octanol–water partition coefficient (Wildman–Crippen LogP) is 5.67. The van der Waals surface area contributed by atoms with Gasteiger partial charge in [0.1, 0.15) is 5.82 Å². The second-order valence-electron chi connectivity index (χ2n) is 8.25. The summed E-state index contributed by atoms with van der Waals surface area (Å²) in [6.07, 6.45) is 8.09. The second-order valence-corrected chi connectivity index (χ2v) is 9.54. The Kier molecular flexibility index (Phi) is 5.76. The van der Waals surface area contributed by atoms with Crippen LogP contribution in [0.3, 0.4) is 0 Å². The van der Waals surface area contributed by atoms with Crippen LogP contribution in [0.4, 0.5) is 23.3 Å². The summed E-state index contributed by atoms with van der Waals surface area (Å²) in [5.74, 6) is 2.44. The van der Waals surface area contributed by atoms with E-state index in [0.29, 0.717) is 16.9 Å². The van der Waals surface area contributed by atoms with Gasteiger partial charge in [-0.3, -0.25) is 9.78 Å². The van der Waals surface area contributed by atoms with Crippen molar-refractivity contribution in [1.82, 2.24) is 29.9 Å². The quantitative estimate of drug-likeness (QED) is 0.329. The van der Waals surface area contributed by atoms with Crippen molar-refractivity contribution in [2.24, 2.45) is 7.05 Å². The summed E-state index contributed by atoms with van der Waals surface area (Å²) in [5.41, 5.74) is 4.76. The summed E-state index contributed by atoms with van der Waals surface area (Å²) in [6.45, 7) is 1.97. The van der Waals surface area contributed by atoms with Crippen molar-refractivity contribution in [2.75, 3.05) is 23.5 Å². The highest BCUT2D eigenvalue weighted by atomic mass is 35.5. The van der Waals surface area contributed by atoms with E-state index in [1.54, 1.807) is 16.4 Å². The average molecular weight is 481 g/mol. The van der Waals surface area contributed by atoms with E-state index < -0.39 is 0 Å². The largest absolute Gasteiger partial charge is 0.323 e.